The molecule has 8 heteroatoms. The number of hydrogen-bond donors (Lipinski definition) is 1. The maximum Gasteiger partial charge on any atom is 0.324 e. The molecule has 0 aliphatic carbocycles. The van der Waals surface area contributed by atoms with Gasteiger partial charge in [0.05, 0.1) is 16.8 Å². The number of urea groups is 1. The van der Waals surface area contributed by atoms with Crippen LogP contribution in [0.3, 0.4) is 0 Å². The minimum atomic E-state index is -0.0526. The molecule has 3 aliphatic heterocycles. The van der Waals surface area contributed by atoms with E-state index in [0.29, 0.717) is 5.75 Å². The molecule has 0 bridgehead atoms. The highest BCUT2D eigenvalue weighted by atomic mass is 32.1. The molecule has 2 amide bonds. The largest absolute Gasteiger partial charge is 0.454 e. The molecule has 120 valence electrons. The third-order valence-electron chi connectivity index (χ3n) is 4.74. The zero-order valence-electron chi connectivity index (χ0n) is 12.6. The average molecular weight is 332 g/mol. The number of aromatic nitrogens is 1. The zero-order chi connectivity index (χ0) is 15.6. The minimum absolute atomic E-state index is 0.0526. The van der Waals surface area contributed by atoms with Crippen LogP contribution >= 0.6 is 11.3 Å². The Bertz CT molecular complexity index is 807. The van der Waals surface area contributed by atoms with Crippen LogP contribution in [-0.4, -0.2) is 54.9 Å². The van der Waals surface area contributed by atoms with Gasteiger partial charge in [-0.15, -0.1) is 0 Å². The lowest BCUT2D eigenvalue weighted by Crippen LogP contribution is -2.50. The summed E-state index contributed by atoms with van der Waals surface area (Å²) in [6.45, 7) is 2.09. The third-order valence-corrected chi connectivity index (χ3v) is 5.76. The lowest BCUT2D eigenvalue weighted by atomic mass is 10.0. The van der Waals surface area contributed by atoms with Gasteiger partial charge in [-0.1, -0.05) is 11.3 Å². The van der Waals surface area contributed by atoms with Crippen LogP contribution < -0.4 is 19.7 Å². The molecule has 2 saturated heterocycles. The maximum absolute atomic E-state index is 12.5. The van der Waals surface area contributed by atoms with Gasteiger partial charge in [0.15, 0.2) is 16.6 Å². The molecule has 2 aromatic rings. The highest BCUT2D eigenvalue weighted by Crippen LogP contribution is 2.43. The topological polar surface area (TPSA) is 66.9 Å². The number of anilines is 1. The number of nitrogens with one attached hydrogen (secondary N) is 1. The Morgan fingerprint density at radius 3 is 3.22 bits per heavy atom. The SMILES string of the molecule is CN1CCC2NC(=O)N(c3nc4c5c(ccc4s3)OCO5)C2C1. The number of ether oxygens (including phenoxy) is 2. The van der Waals surface area contributed by atoms with E-state index < -0.39 is 0 Å². The third kappa shape index (κ3) is 1.91. The molecule has 0 spiro atoms. The van der Waals surface area contributed by atoms with E-state index in [2.05, 4.69) is 17.3 Å². The van der Waals surface area contributed by atoms with Crippen molar-refractivity contribution in [2.24, 2.45) is 0 Å². The number of hydrogen-bond acceptors (Lipinski definition) is 6. The molecule has 5 rings (SSSR count). The van der Waals surface area contributed by atoms with Crippen molar-refractivity contribution in [3.05, 3.63) is 12.1 Å². The lowest BCUT2D eigenvalue weighted by Gasteiger charge is -2.34. The fourth-order valence-electron chi connectivity index (χ4n) is 3.57. The van der Waals surface area contributed by atoms with E-state index in [1.165, 1.54) is 11.3 Å². The van der Waals surface area contributed by atoms with E-state index in [-0.39, 0.29) is 24.9 Å². The normalized spacial score (nSPS) is 26.7. The number of nitrogens with zero attached hydrogens (tertiary/aromatic N) is 3. The van der Waals surface area contributed by atoms with Crippen LogP contribution in [0.15, 0.2) is 12.1 Å². The molecule has 4 heterocycles. The van der Waals surface area contributed by atoms with E-state index in [1.807, 2.05) is 17.0 Å². The molecule has 2 unspecified atom stereocenters. The Hall–Kier alpha value is -2.06. The highest BCUT2D eigenvalue weighted by molar-refractivity contribution is 7.22. The summed E-state index contributed by atoms with van der Waals surface area (Å²) in [4.78, 5) is 21.2. The van der Waals surface area contributed by atoms with E-state index in [4.69, 9.17) is 14.5 Å². The summed E-state index contributed by atoms with van der Waals surface area (Å²) >= 11 is 1.52. The molecule has 2 fully saturated rings. The van der Waals surface area contributed by atoms with Gasteiger partial charge in [0.25, 0.3) is 0 Å². The van der Waals surface area contributed by atoms with Crippen molar-refractivity contribution in [2.75, 3.05) is 31.8 Å². The number of likely N-dealkylation sites (N-methyl/N-ethyl adjacent to an activating group) is 1. The molecule has 1 aromatic heterocycles. The first-order valence-corrected chi connectivity index (χ1v) is 8.50. The van der Waals surface area contributed by atoms with Crippen molar-refractivity contribution >= 4 is 32.7 Å². The zero-order valence-corrected chi connectivity index (χ0v) is 13.4. The minimum Gasteiger partial charge on any atom is -0.454 e. The second kappa shape index (κ2) is 4.72. The van der Waals surface area contributed by atoms with Crippen molar-refractivity contribution in [3.8, 4) is 11.5 Å². The van der Waals surface area contributed by atoms with Gasteiger partial charge >= 0.3 is 6.03 Å². The molecule has 1 aromatic carbocycles. The molecule has 2 atom stereocenters. The summed E-state index contributed by atoms with van der Waals surface area (Å²) < 4.78 is 11.9. The maximum atomic E-state index is 12.5. The van der Waals surface area contributed by atoms with E-state index in [0.717, 1.165) is 40.6 Å². The number of benzene rings is 1. The first-order chi connectivity index (χ1) is 11.2. The van der Waals surface area contributed by atoms with Gasteiger partial charge in [0, 0.05) is 6.54 Å². The Morgan fingerprint density at radius 1 is 1.39 bits per heavy atom. The van der Waals surface area contributed by atoms with E-state index in [1.54, 1.807) is 0 Å². The lowest BCUT2D eigenvalue weighted by molar-refractivity contribution is 0.174. The van der Waals surface area contributed by atoms with Gasteiger partial charge in [-0.05, 0) is 32.1 Å². The smallest absolute Gasteiger partial charge is 0.324 e. The number of carbonyl (C=O) groups excluding carboxylic acids is 1. The average Bonchev–Trinajstić information content (AvgIpc) is 3.20. The number of amides is 2. The van der Waals surface area contributed by atoms with Crippen LogP contribution in [0.4, 0.5) is 9.93 Å². The van der Waals surface area contributed by atoms with Crippen LogP contribution in [0.1, 0.15) is 6.42 Å². The molecular formula is C15H16N4O3S. The van der Waals surface area contributed by atoms with Gasteiger partial charge in [-0.2, -0.15) is 0 Å². The Balaban J connectivity index is 1.58. The standard InChI is InChI=1S/C15H16N4O3S/c1-18-5-4-8-9(6-18)19(14(20)16-8)15-17-12-11(23-15)3-2-10-13(12)22-7-21-10/h2-3,8-9H,4-7H2,1H3,(H,16,20). The van der Waals surface area contributed by atoms with Gasteiger partial charge in [-0.25, -0.2) is 9.78 Å². The summed E-state index contributed by atoms with van der Waals surface area (Å²) in [6, 6.07) is 4.15. The van der Waals surface area contributed by atoms with E-state index in [9.17, 15) is 4.79 Å². The van der Waals surface area contributed by atoms with Crippen molar-refractivity contribution in [1.29, 1.82) is 0 Å². The quantitative estimate of drug-likeness (QED) is 0.860. The van der Waals surface area contributed by atoms with Crippen molar-refractivity contribution in [3.63, 3.8) is 0 Å². The van der Waals surface area contributed by atoms with Crippen LogP contribution in [0, 0.1) is 0 Å². The van der Waals surface area contributed by atoms with Crippen molar-refractivity contribution < 1.29 is 14.3 Å². The number of fused-ring (bicyclic) bond motifs is 4. The van der Waals surface area contributed by atoms with Crippen LogP contribution in [0.25, 0.3) is 10.2 Å². The van der Waals surface area contributed by atoms with Gasteiger partial charge in [-0.3, -0.25) is 4.90 Å². The molecule has 7 nitrogen and oxygen atoms in total. The van der Waals surface area contributed by atoms with Crippen LogP contribution in [0.2, 0.25) is 0 Å². The highest BCUT2D eigenvalue weighted by Gasteiger charge is 2.44. The molecular weight excluding hydrogens is 316 g/mol. The first kappa shape index (κ1) is 13.4. The molecule has 0 radical (unpaired) electrons. The molecule has 1 N–H and O–H groups in total. The number of rotatable bonds is 1. The molecule has 23 heavy (non-hydrogen) atoms. The Kier molecular flexibility index (Phi) is 2.75. The second-order valence-electron chi connectivity index (χ2n) is 6.19. The van der Waals surface area contributed by atoms with Crippen molar-refractivity contribution in [1.82, 2.24) is 15.2 Å². The monoisotopic (exact) mass is 332 g/mol. The summed E-state index contributed by atoms with van der Waals surface area (Å²) in [7, 11) is 2.09. The molecule has 3 aliphatic rings. The van der Waals surface area contributed by atoms with Crippen molar-refractivity contribution in [2.45, 2.75) is 18.5 Å². The predicted octanol–water partition coefficient (Wildman–Crippen LogP) is 1.63. The second-order valence-corrected chi connectivity index (χ2v) is 7.20. The Morgan fingerprint density at radius 2 is 2.30 bits per heavy atom. The van der Waals surface area contributed by atoms with Gasteiger partial charge in [0.1, 0.15) is 5.52 Å². The first-order valence-electron chi connectivity index (χ1n) is 7.68. The predicted molar refractivity (Wildman–Crippen MR) is 86.4 cm³/mol. The summed E-state index contributed by atoms with van der Waals surface area (Å²) in [5.74, 6) is 1.40. The number of likely N-dealkylation sites (tertiary alicyclic amines) is 1. The van der Waals surface area contributed by atoms with Crippen LogP contribution in [0.5, 0.6) is 11.5 Å². The number of piperidine rings is 1. The fourth-order valence-corrected chi connectivity index (χ4v) is 4.60. The summed E-state index contributed by atoms with van der Waals surface area (Å²) in [5, 5.41) is 3.82. The van der Waals surface area contributed by atoms with Gasteiger partial charge in [0.2, 0.25) is 6.79 Å². The summed E-state index contributed by atoms with van der Waals surface area (Å²) in [5.41, 5.74) is 0.778. The number of thiazole rings is 1. The van der Waals surface area contributed by atoms with Gasteiger partial charge < -0.3 is 19.7 Å². The van der Waals surface area contributed by atoms with E-state index >= 15 is 0 Å². The summed E-state index contributed by atoms with van der Waals surface area (Å²) in [6.07, 6.45) is 0.973. The Labute approximate surface area is 136 Å². The number of carbonyl (C=O) groups is 1. The molecule has 0 saturated carbocycles. The fraction of sp³-hybridized carbons (Fsp3) is 0.467. The van der Waals surface area contributed by atoms with Crippen LogP contribution in [-0.2, 0) is 0 Å².